The third-order valence-electron chi connectivity index (χ3n) is 3.43. The van der Waals surface area contributed by atoms with Crippen LogP contribution in [0.25, 0.3) is 0 Å². The predicted octanol–water partition coefficient (Wildman–Crippen LogP) is 4.79. The zero-order valence-electron chi connectivity index (χ0n) is 13.8. The molecule has 0 radical (unpaired) electrons. The zero-order chi connectivity index (χ0) is 19.2. The number of halogens is 1. The number of anilines is 1. The van der Waals surface area contributed by atoms with Crippen molar-refractivity contribution in [3.8, 4) is 0 Å². The van der Waals surface area contributed by atoms with E-state index >= 15 is 0 Å². The molecule has 0 spiro atoms. The second-order valence-corrected chi connectivity index (χ2v) is 7.84. The van der Waals surface area contributed by atoms with Crippen molar-refractivity contribution in [1.82, 2.24) is 10.2 Å². The number of carbonyl (C=O) groups excluding carboxylic acids is 1. The molecule has 0 aliphatic carbocycles. The largest absolute Gasteiger partial charge is 0.296 e. The van der Waals surface area contributed by atoms with Crippen LogP contribution in [0, 0.1) is 10.1 Å². The van der Waals surface area contributed by atoms with Gasteiger partial charge >= 0.3 is 0 Å². The van der Waals surface area contributed by atoms with Crippen LogP contribution in [0.2, 0.25) is 5.02 Å². The molecule has 7 nitrogen and oxygen atoms in total. The van der Waals surface area contributed by atoms with E-state index in [2.05, 4.69) is 27.6 Å². The van der Waals surface area contributed by atoms with E-state index < -0.39 is 10.8 Å². The van der Waals surface area contributed by atoms with Crippen molar-refractivity contribution in [2.75, 3.05) is 5.32 Å². The van der Waals surface area contributed by atoms with Crippen molar-refractivity contribution < 1.29 is 9.72 Å². The Balaban J connectivity index is 1.60. The van der Waals surface area contributed by atoms with Crippen molar-refractivity contribution in [2.45, 2.75) is 11.5 Å². The smallest absolute Gasteiger partial charge is 0.283 e. The molecular weight excluding hydrogens is 408 g/mol. The normalized spacial score (nSPS) is 10.6. The molecule has 0 aliphatic rings. The molecule has 1 aromatic heterocycles. The molecular formula is C17H13ClN4O3S2. The molecule has 0 saturated heterocycles. The van der Waals surface area contributed by atoms with Gasteiger partial charge in [0.1, 0.15) is 10.6 Å². The van der Waals surface area contributed by atoms with E-state index in [-0.39, 0.29) is 16.3 Å². The Bertz CT molecular complexity index is 966. The molecule has 27 heavy (non-hydrogen) atoms. The molecule has 3 rings (SSSR count). The molecule has 0 unspecified atom stereocenters. The van der Waals surface area contributed by atoms with Crippen molar-refractivity contribution in [3.63, 3.8) is 0 Å². The lowest BCUT2D eigenvalue weighted by Gasteiger charge is -2.03. The molecule has 10 heteroatoms. The average Bonchev–Trinajstić information content (AvgIpc) is 3.09. The van der Waals surface area contributed by atoms with E-state index in [1.165, 1.54) is 29.0 Å². The van der Waals surface area contributed by atoms with Gasteiger partial charge in [-0.2, -0.15) is 0 Å². The Labute approximate surface area is 167 Å². The Morgan fingerprint density at radius 3 is 2.70 bits per heavy atom. The fraction of sp³-hybridized carbons (Fsp3) is 0.118. The summed E-state index contributed by atoms with van der Waals surface area (Å²) in [6, 6.07) is 13.9. The fourth-order valence-corrected chi connectivity index (χ4v) is 4.15. The van der Waals surface area contributed by atoms with E-state index in [1.54, 1.807) is 11.8 Å². The van der Waals surface area contributed by atoms with Crippen molar-refractivity contribution in [3.05, 3.63) is 79.8 Å². The number of hydrogen-bond acceptors (Lipinski definition) is 7. The predicted molar refractivity (Wildman–Crippen MR) is 107 cm³/mol. The summed E-state index contributed by atoms with van der Waals surface area (Å²) in [6.45, 7) is 0. The molecule has 0 atom stereocenters. The minimum Gasteiger partial charge on any atom is -0.296 e. The van der Waals surface area contributed by atoms with Crippen LogP contribution < -0.4 is 5.32 Å². The maximum Gasteiger partial charge on any atom is 0.283 e. The highest BCUT2D eigenvalue weighted by molar-refractivity contribution is 7.97. The molecule has 0 saturated carbocycles. The van der Waals surface area contributed by atoms with Gasteiger partial charge in [0, 0.05) is 22.6 Å². The van der Waals surface area contributed by atoms with Crippen molar-refractivity contribution in [1.29, 1.82) is 0 Å². The first kappa shape index (κ1) is 19.3. The van der Waals surface area contributed by atoms with Gasteiger partial charge < -0.3 is 0 Å². The lowest BCUT2D eigenvalue weighted by Crippen LogP contribution is -2.13. The number of rotatable bonds is 7. The Morgan fingerprint density at radius 2 is 1.96 bits per heavy atom. The zero-order valence-corrected chi connectivity index (χ0v) is 16.2. The third kappa shape index (κ3) is 5.25. The highest BCUT2D eigenvalue weighted by atomic mass is 35.5. The maximum atomic E-state index is 12.3. The van der Waals surface area contributed by atoms with Gasteiger partial charge in [-0.1, -0.05) is 53.3 Å². The molecule has 138 valence electrons. The number of nitrogens with zero attached hydrogens (tertiary/aromatic N) is 3. The number of aromatic nitrogens is 2. The second kappa shape index (κ2) is 8.94. The summed E-state index contributed by atoms with van der Waals surface area (Å²) in [7, 11) is 0. The third-order valence-corrected chi connectivity index (χ3v) is 5.70. The Hall–Kier alpha value is -2.49. The number of nitro groups is 1. The van der Waals surface area contributed by atoms with Gasteiger partial charge in [0.05, 0.1) is 4.92 Å². The molecule has 1 amide bonds. The van der Waals surface area contributed by atoms with E-state index in [4.69, 9.17) is 11.6 Å². The number of benzene rings is 2. The highest BCUT2D eigenvalue weighted by Crippen LogP contribution is 2.26. The monoisotopic (exact) mass is 420 g/mol. The van der Waals surface area contributed by atoms with E-state index in [0.717, 1.165) is 16.8 Å². The van der Waals surface area contributed by atoms with Gasteiger partial charge in [-0.15, -0.1) is 22.0 Å². The SMILES string of the molecule is O=C(Nc1nnc(CSCc2ccccc2)s1)c1ccc(Cl)cc1[N+](=O)[O-]. The van der Waals surface area contributed by atoms with Gasteiger partial charge in [-0.05, 0) is 17.7 Å². The molecule has 0 aliphatic heterocycles. The van der Waals surface area contributed by atoms with Crippen molar-refractivity contribution >= 4 is 51.4 Å². The molecule has 0 fully saturated rings. The maximum absolute atomic E-state index is 12.3. The number of amides is 1. The Morgan fingerprint density at radius 1 is 1.19 bits per heavy atom. The van der Waals surface area contributed by atoms with Gasteiger partial charge in [-0.3, -0.25) is 20.2 Å². The molecule has 0 bridgehead atoms. The first-order chi connectivity index (χ1) is 13.0. The van der Waals surface area contributed by atoms with Crippen LogP contribution in [0.4, 0.5) is 10.8 Å². The number of nitrogens with one attached hydrogen (secondary N) is 1. The van der Waals surface area contributed by atoms with Crippen molar-refractivity contribution in [2.24, 2.45) is 0 Å². The van der Waals surface area contributed by atoms with Crippen LogP contribution in [0.3, 0.4) is 0 Å². The molecule has 2 aromatic carbocycles. The van der Waals surface area contributed by atoms with E-state index in [1.807, 2.05) is 18.2 Å². The van der Waals surface area contributed by atoms with Gasteiger partial charge in [0.2, 0.25) is 5.13 Å². The van der Waals surface area contributed by atoms with Crippen LogP contribution in [0.5, 0.6) is 0 Å². The fourth-order valence-electron chi connectivity index (χ4n) is 2.21. The summed E-state index contributed by atoms with van der Waals surface area (Å²) < 4.78 is 0. The number of thioether (sulfide) groups is 1. The topological polar surface area (TPSA) is 98.0 Å². The Kier molecular flexibility index (Phi) is 6.38. The number of carbonyl (C=O) groups is 1. The molecule has 3 aromatic rings. The van der Waals surface area contributed by atoms with Gasteiger partial charge in [0.15, 0.2) is 0 Å². The second-order valence-electron chi connectivity index (χ2n) is 5.35. The lowest BCUT2D eigenvalue weighted by molar-refractivity contribution is -0.385. The van der Waals surface area contributed by atoms with E-state index in [0.29, 0.717) is 10.9 Å². The standard InChI is InChI=1S/C17H13ClN4O3S2/c18-12-6-7-13(14(8-12)22(24)25)16(23)19-17-21-20-15(27-17)10-26-9-11-4-2-1-3-5-11/h1-8H,9-10H2,(H,19,21,23). The highest BCUT2D eigenvalue weighted by Gasteiger charge is 2.21. The van der Waals surface area contributed by atoms with Gasteiger partial charge in [0.25, 0.3) is 11.6 Å². The van der Waals surface area contributed by atoms with Crippen LogP contribution in [-0.4, -0.2) is 21.0 Å². The summed E-state index contributed by atoms with van der Waals surface area (Å²) >= 11 is 8.69. The van der Waals surface area contributed by atoms with Crippen LogP contribution >= 0.6 is 34.7 Å². The summed E-state index contributed by atoms with van der Waals surface area (Å²) in [5, 5.41) is 22.9. The first-order valence-corrected chi connectivity index (χ1v) is 10.1. The summed E-state index contributed by atoms with van der Waals surface area (Å²) in [4.78, 5) is 22.8. The van der Waals surface area contributed by atoms with E-state index in [9.17, 15) is 14.9 Å². The van der Waals surface area contributed by atoms with Crippen LogP contribution in [0.1, 0.15) is 20.9 Å². The molecule has 1 N–H and O–H groups in total. The van der Waals surface area contributed by atoms with Gasteiger partial charge in [-0.25, -0.2) is 0 Å². The summed E-state index contributed by atoms with van der Waals surface area (Å²) in [5.41, 5.74) is 0.776. The first-order valence-electron chi connectivity index (χ1n) is 7.72. The summed E-state index contributed by atoms with van der Waals surface area (Å²) in [5.74, 6) is 0.876. The minimum atomic E-state index is -0.646. The number of hydrogen-bond donors (Lipinski definition) is 1. The lowest BCUT2D eigenvalue weighted by atomic mass is 10.1. The van der Waals surface area contributed by atoms with Crippen LogP contribution in [0.15, 0.2) is 48.5 Å². The van der Waals surface area contributed by atoms with Crippen LogP contribution in [-0.2, 0) is 11.5 Å². The number of nitro benzene ring substituents is 1. The quantitative estimate of drug-likeness (QED) is 0.436. The molecule has 1 heterocycles. The minimum absolute atomic E-state index is 0.0837. The average molecular weight is 421 g/mol. The summed E-state index contributed by atoms with van der Waals surface area (Å²) in [6.07, 6.45) is 0.